The summed E-state index contributed by atoms with van der Waals surface area (Å²) in [6, 6.07) is 2.92. The van der Waals surface area contributed by atoms with Gasteiger partial charge in [0.2, 0.25) is 5.91 Å². The lowest BCUT2D eigenvalue weighted by molar-refractivity contribution is -0.384. The van der Waals surface area contributed by atoms with E-state index in [0.717, 1.165) is 44.5 Å². The maximum absolute atomic E-state index is 12.6. The summed E-state index contributed by atoms with van der Waals surface area (Å²) in [5.74, 6) is -0.0861. The summed E-state index contributed by atoms with van der Waals surface area (Å²) < 4.78 is 0. The van der Waals surface area contributed by atoms with Crippen molar-refractivity contribution in [1.82, 2.24) is 15.5 Å². The van der Waals surface area contributed by atoms with Crippen LogP contribution >= 0.6 is 11.6 Å². The van der Waals surface area contributed by atoms with Crippen molar-refractivity contribution in [2.45, 2.75) is 52.5 Å². The van der Waals surface area contributed by atoms with Crippen LogP contribution in [0.3, 0.4) is 0 Å². The zero-order valence-electron chi connectivity index (χ0n) is 18.5. The van der Waals surface area contributed by atoms with Gasteiger partial charge < -0.3 is 15.5 Å². The number of benzene rings is 1. The molecule has 0 spiro atoms. The second-order valence-corrected chi connectivity index (χ2v) is 9.05. The number of unbranched alkanes of at least 4 members (excludes halogenated alkanes) is 1. The van der Waals surface area contributed by atoms with Gasteiger partial charge in [-0.3, -0.25) is 19.7 Å². The Hall–Kier alpha value is -2.19. The number of likely N-dealkylation sites (tertiary alicyclic amines) is 1. The lowest BCUT2D eigenvalue weighted by atomic mass is 9.99. The van der Waals surface area contributed by atoms with E-state index in [1.165, 1.54) is 25.0 Å². The van der Waals surface area contributed by atoms with Crippen molar-refractivity contribution in [3.63, 3.8) is 0 Å². The average molecular weight is 453 g/mol. The van der Waals surface area contributed by atoms with Gasteiger partial charge in [-0.2, -0.15) is 0 Å². The van der Waals surface area contributed by atoms with E-state index < -0.39 is 16.9 Å². The number of amides is 2. The average Bonchev–Trinajstić information content (AvgIpc) is 2.72. The smallest absolute Gasteiger partial charge is 0.270 e. The van der Waals surface area contributed by atoms with Crippen LogP contribution in [-0.4, -0.2) is 53.9 Å². The molecule has 0 aromatic heterocycles. The van der Waals surface area contributed by atoms with Gasteiger partial charge in [-0.15, -0.1) is 0 Å². The summed E-state index contributed by atoms with van der Waals surface area (Å²) in [4.78, 5) is 37.9. The highest BCUT2D eigenvalue weighted by Crippen LogP contribution is 2.22. The number of nitrogens with zero attached hydrogens (tertiary/aromatic N) is 2. The number of rotatable bonds is 10. The Morgan fingerprint density at radius 2 is 1.94 bits per heavy atom. The summed E-state index contributed by atoms with van der Waals surface area (Å²) in [7, 11) is 0. The fraction of sp³-hybridized carbons (Fsp3) is 0.636. The molecule has 1 aliphatic heterocycles. The number of carbonyl (C=O) groups is 2. The molecule has 0 aliphatic carbocycles. The van der Waals surface area contributed by atoms with Crippen molar-refractivity contribution in [3.8, 4) is 0 Å². The monoisotopic (exact) mass is 452 g/mol. The van der Waals surface area contributed by atoms with E-state index in [1.54, 1.807) is 0 Å². The molecule has 1 aromatic carbocycles. The van der Waals surface area contributed by atoms with E-state index in [4.69, 9.17) is 11.6 Å². The van der Waals surface area contributed by atoms with E-state index in [0.29, 0.717) is 6.54 Å². The molecule has 1 aliphatic rings. The van der Waals surface area contributed by atoms with Gasteiger partial charge in [0.05, 0.1) is 15.5 Å². The Bertz CT molecular complexity index is 779. The van der Waals surface area contributed by atoms with E-state index in [2.05, 4.69) is 22.5 Å². The van der Waals surface area contributed by atoms with Crippen LogP contribution in [-0.2, 0) is 4.79 Å². The highest BCUT2D eigenvalue weighted by molar-refractivity contribution is 6.34. The van der Waals surface area contributed by atoms with Crippen molar-refractivity contribution < 1.29 is 14.5 Å². The normalized spacial score (nSPS) is 16.2. The van der Waals surface area contributed by atoms with Crippen LogP contribution in [0.25, 0.3) is 0 Å². The molecule has 172 valence electrons. The Balaban J connectivity index is 1.81. The van der Waals surface area contributed by atoms with Crippen LogP contribution < -0.4 is 10.6 Å². The molecule has 0 saturated carbocycles. The molecule has 8 nitrogen and oxygen atoms in total. The fourth-order valence-corrected chi connectivity index (χ4v) is 3.88. The molecule has 0 bridgehead atoms. The third kappa shape index (κ3) is 7.78. The molecule has 31 heavy (non-hydrogen) atoms. The Kier molecular flexibility index (Phi) is 9.71. The number of nitro groups is 1. The molecule has 1 fully saturated rings. The van der Waals surface area contributed by atoms with E-state index >= 15 is 0 Å². The maximum atomic E-state index is 12.6. The second kappa shape index (κ2) is 12.0. The van der Waals surface area contributed by atoms with E-state index in [9.17, 15) is 19.7 Å². The predicted molar refractivity (Wildman–Crippen MR) is 121 cm³/mol. The largest absolute Gasteiger partial charge is 0.354 e. The SMILES string of the molecule is CC1CCN(CCCCNC(=O)C(NC(=O)c2ccc([N+](=O)[O-])cc2Cl)C(C)C)CC1. The zero-order chi connectivity index (χ0) is 23.0. The summed E-state index contributed by atoms with van der Waals surface area (Å²) in [6.07, 6.45) is 4.41. The van der Waals surface area contributed by atoms with Crippen LogP contribution in [0.2, 0.25) is 5.02 Å². The third-order valence-electron chi connectivity index (χ3n) is 5.72. The first kappa shape index (κ1) is 25.1. The Morgan fingerprint density at radius 3 is 2.52 bits per heavy atom. The van der Waals surface area contributed by atoms with Crippen LogP contribution in [0.1, 0.15) is 56.8 Å². The molecule has 1 saturated heterocycles. The number of halogens is 1. The first-order valence-corrected chi connectivity index (χ1v) is 11.3. The number of hydrogen-bond donors (Lipinski definition) is 2. The second-order valence-electron chi connectivity index (χ2n) is 8.64. The van der Waals surface area contributed by atoms with Crippen LogP contribution in [0.4, 0.5) is 5.69 Å². The molecule has 2 amide bonds. The predicted octanol–water partition coefficient (Wildman–Crippen LogP) is 3.63. The zero-order valence-corrected chi connectivity index (χ0v) is 19.3. The number of nitro benzene ring substituents is 1. The van der Waals surface area contributed by atoms with Gasteiger partial charge in [0.15, 0.2) is 0 Å². The third-order valence-corrected chi connectivity index (χ3v) is 6.03. The van der Waals surface area contributed by atoms with Gasteiger partial charge in [-0.1, -0.05) is 32.4 Å². The van der Waals surface area contributed by atoms with Gasteiger partial charge in [0.1, 0.15) is 6.04 Å². The molecule has 0 radical (unpaired) electrons. The summed E-state index contributed by atoms with van der Waals surface area (Å²) >= 11 is 6.03. The number of non-ortho nitro benzene ring substituents is 1. The summed E-state index contributed by atoms with van der Waals surface area (Å²) in [6.45, 7) is 9.90. The van der Waals surface area contributed by atoms with Gasteiger partial charge in [-0.25, -0.2) is 0 Å². The molecule has 1 atom stereocenters. The Labute approximate surface area is 188 Å². The molecular formula is C22H33ClN4O4. The molecule has 1 heterocycles. The van der Waals surface area contributed by atoms with Crippen molar-refractivity contribution in [2.75, 3.05) is 26.2 Å². The number of carbonyl (C=O) groups excluding carboxylic acids is 2. The number of nitrogens with one attached hydrogen (secondary N) is 2. The fourth-order valence-electron chi connectivity index (χ4n) is 3.62. The lowest BCUT2D eigenvalue weighted by Crippen LogP contribution is -2.50. The number of piperidine rings is 1. The molecular weight excluding hydrogens is 420 g/mol. The highest BCUT2D eigenvalue weighted by Gasteiger charge is 2.26. The first-order chi connectivity index (χ1) is 14.7. The van der Waals surface area contributed by atoms with Gasteiger partial charge >= 0.3 is 0 Å². The molecule has 1 unspecified atom stereocenters. The highest BCUT2D eigenvalue weighted by atomic mass is 35.5. The van der Waals surface area contributed by atoms with Crippen LogP contribution in [0, 0.1) is 22.0 Å². The van der Waals surface area contributed by atoms with Crippen molar-refractivity contribution in [3.05, 3.63) is 38.9 Å². The Morgan fingerprint density at radius 1 is 1.26 bits per heavy atom. The summed E-state index contributed by atoms with van der Waals surface area (Å²) in [5.41, 5.74) is -0.0969. The minimum atomic E-state index is -0.720. The molecule has 2 rings (SSSR count). The lowest BCUT2D eigenvalue weighted by Gasteiger charge is -2.30. The van der Waals surface area contributed by atoms with E-state index in [-0.39, 0.29) is 28.1 Å². The maximum Gasteiger partial charge on any atom is 0.270 e. The van der Waals surface area contributed by atoms with Gasteiger partial charge in [0, 0.05) is 18.7 Å². The topological polar surface area (TPSA) is 105 Å². The quantitative estimate of drug-likeness (QED) is 0.320. The van der Waals surface area contributed by atoms with Crippen molar-refractivity contribution in [2.24, 2.45) is 11.8 Å². The first-order valence-electron chi connectivity index (χ1n) is 10.9. The minimum Gasteiger partial charge on any atom is -0.354 e. The van der Waals surface area contributed by atoms with Crippen LogP contribution in [0.5, 0.6) is 0 Å². The van der Waals surface area contributed by atoms with Gasteiger partial charge in [0.25, 0.3) is 11.6 Å². The van der Waals surface area contributed by atoms with E-state index in [1.807, 2.05) is 13.8 Å². The molecule has 2 N–H and O–H groups in total. The minimum absolute atomic E-state index is 0.0262. The molecule has 1 aromatic rings. The summed E-state index contributed by atoms with van der Waals surface area (Å²) in [5, 5.41) is 16.4. The standard InChI is InChI=1S/C22H33ClN4O4/c1-15(2)20(25-21(28)18-7-6-17(27(30)31)14-19(18)23)22(29)24-10-4-5-11-26-12-8-16(3)9-13-26/h6-7,14-16,20H,4-5,8-13H2,1-3H3,(H,24,29)(H,25,28). The molecule has 9 heteroatoms. The van der Waals surface area contributed by atoms with Gasteiger partial charge in [-0.05, 0) is 63.2 Å². The van der Waals surface area contributed by atoms with Crippen LogP contribution in [0.15, 0.2) is 18.2 Å². The van der Waals surface area contributed by atoms with Crippen molar-refractivity contribution >= 4 is 29.1 Å². The number of hydrogen-bond acceptors (Lipinski definition) is 5. The van der Waals surface area contributed by atoms with Crippen molar-refractivity contribution in [1.29, 1.82) is 0 Å².